The van der Waals surface area contributed by atoms with Crippen LogP contribution in [0.5, 0.6) is 0 Å². The number of halogens is 1. The largest absolute Gasteiger partial charge is 0.0843 e. The molecule has 0 nitrogen and oxygen atoms in total. The first kappa shape index (κ1) is 7.62. The Hall–Kier alpha value is -0.490. The summed E-state index contributed by atoms with van der Waals surface area (Å²) in [4.78, 5) is 0. The normalized spacial score (nSPS) is 10.4. The summed E-state index contributed by atoms with van der Waals surface area (Å²) in [6.07, 6.45) is 0. The van der Waals surface area contributed by atoms with E-state index < -0.39 is 0 Å². The van der Waals surface area contributed by atoms with Gasteiger partial charge in [0.05, 0.1) is 0 Å². The summed E-state index contributed by atoms with van der Waals surface area (Å²) < 4.78 is 0. The summed E-state index contributed by atoms with van der Waals surface area (Å²) in [6, 6.07) is 8.81. The lowest BCUT2D eigenvalue weighted by Gasteiger charge is -2.02. The summed E-state index contributed by atoms with van der Waals surface area (Å²) in [7, 11) is 0. The van der Waals surface area contributed by atoms with Gasteiger partial charge in [0.15, 0.2) is 0 Å². The third-order valence-electron chi connectivity index (χ3n) is 1.42. The molecule has 0 saturated carbocycles. The van der Waals surface area contributed by atoms with Crippen molar-refractivity contribution in [3.63, 3.8) is 0 Å². The van der Waals surface area contributed by atoms with Gasteiger partial charge in [-0.15, -0.1) is 0 Å². The van der Waals surface area contributed by atoms with Crippen LogP contribution in [0.4, 0.5) is 0 Å². The van der Waals surface area contributed by atoms with Crippen LogP contribution >= 0.6 is 11.6 Å². The Kier molecular flexibility index (Phi) is 2.34. The number of benzene rings is 1. The Labute approximate surface area is 66.8 Å². The average Bonchev–Trinajstić information content (AvgIpc) is 1.88. The zero-order valence-corrected chi connectivity index (χ0v) is 6.94. The molecule has 1 rings (SSSR count). The Morgan fingerprint density at radius 1 is 1.40 bits per heavy atom. The number of hydrogen-bond donors (Lipinski definition) is 0. The van der Waals surface area contributed by atoms with Crippen LogP contribution in [-0.2, 0) is 0 Å². The molecule has 0 atom stereocenters. The first-order valence-electron chi connectivity index (χ1n) is 3.37. The van der Waals surface area contributed by atoms with Crippen LogP contribution in [0.2, 0.25) is 5.02 Å². The van der Waals surface area contributed by atoms with E-state index in [-0.39, 0.29) is 0 Å². The van der Waals surface area contributed by atoms with E-state index in [0.717, 1.165) is 5.02 Å². The second-order valence-electron chi connectivity index (χ2n) is 2.62. The molecular formula is C9H10Cl. The van der Waals surface area contributed by atoms with Gasteiger partial charge in [0.25, 0.3) is 0 Å². The molecule has 0 amide bonds. The molecule has 0 aliphatic heterocycles. The molecule has 0 bridgehead atoms. The van der Waals surface area contributed by atoms with Gasteiger partial charge in [-0.05, 0) is 29.7 Å². The molecule has 0 aromatic heterocycles. The Balaban J connectivity index is 2.89. The zero-order chi connectivity index (χ0) is 7.56. The molecule has 1 aromatic rings. The standard InChI is InChI=1S/C9H10Cl/c1-7(2)8-3-5-9(10)6-4-8/h3,5-7H,1-2H3. The molecule has 1 radical (unpaired) electrons. The van der Waals surface area contributed by atoms with Crippen LogP contribution in [0.1, 0.15) is 25.3 Å². The molecule has 0 aliphatic rings. The third kappa shape index (κ3) is 1.74. The van der Waals surface area contributed by atoms with Crippen LogP contribution in [0, 0.1) is 6.07 Å². The number of rotatable bonds is 1. The smallest absolute Gasteiger partial charge is 0.0412 e. The van der Waals surface area contributed by atoms with E-state index in [1.54, 1.807) is 6.07 Å². The first-order valence-corrected chi connectivity index (χ1v) is 3.75. The summed E-state index contributed by atoms with van der Waals surface area (Å²) in [5.74, 6) is 0.539. The van der Waals surface area contributed by atoms with Crippen molar-refractivity contribution < 1.29 is 0 Å². The van der Waals surface area contributed by atoms with Gasteiger partial charge in [-0.25, -0.2) is 0 Å². The number of hydrogen-bond acceptors (Lipinski definition) is 0. The van der Waals surface area contributed by atoms with Crippen LogP contribution in [0.3, 0.4) is 0 Å². The predicted molar refractivity (Wildman–Crippen MR) is 44.4 cm³/mol. The van der Waals surface area contributed by atoms with Crippen LogP contribution in [-0.4, -0.2) is 0 Å². The molecule has 0 aliphatic carbocycles. The maximum absolute atomic E-state index is 5.69. The maximum Gasteiger partial charge on any atom is 0.0412 e. The Bertz CT molecular complexity index is 198. The molecule has 0 saturated heterocycles. The van der Waals surface area contributed by atoms with Crippen molar-refractivity contribution in [1.82, 2.24) is 0 Å². The molecule has 1 aromatic carbocycles. The summed E-state index contributed by atoms with van der Waals surface area (Å²) >= 11 is 5.69. The van der Waals surface area contributed by atoms with Crippen LogP contribution in [0.25, 0.3) is 0 Å². The van der Waals surface area contributed by atoms with Gasteiger partial charge in [-0.3, -0.25) is 0 Å². The highest BCUT2D eigenvalue weighted by Gasteiger charge is 1.96. The summed E-state index contributed by atoms with van der Waals surface area (Å²) in [6.45, 7) is 4.28. The summed E-state index contributed by atoms with van der Waals surface area (Å²) in [5.41, 5.74) is 1.21. The minimum Gasteiger partial charge on any atom is -0.0843 e. The second-order valence-corrected chi connectivity index (χ2v) is 3.05. The first-order chi connectivity index (χ1) is 4.70. The maximum atomic E-state index is 5.69. The molecule has 0 spiro atoms. The Morgan fingerprint density at radius 2 is 2.10 bits per heavy atom. The van der Waals surface area contributed by atoms with Gasteiger partial charge in [0.2, 0.25) is 0 Å². The molecule has 0 unspecified atom stereocenters. The molecular weight excluding hydrogens is 144 g/mol. The summed E-state index contributed by atoms with van der Waals surface area (Å²) in [5, 5.41) is 0.754. The fourth-order valence-electron chi connectivity index (χ4n) is 0.777. The van der Waals surface area contributed by atoms with E-state index in [9.17, 15) is 0 Å². The van der Waals surface area contributed by atoms with E-state index in [0.29, 0.717) is 5.92 Å². The van der Waals surface area contributed by atoms with Gasteiger partial charge in [-0.2, -0.15) is 0 Å². The molecule has 10 heavy (non-hydrogen) atoms. The van der Waals surface area contributed by atoms with Crippen molar-refractivity contribution in [1.29, 1.82) is 0 Å². The molecule has 0 heterocycles. The highest BCUT2D eigenvalue weighted by molar-refractivity contribution is 6.30. The van der Waals surface area contributed by atoms with Gasteiger partial charge in [-0.1, -0.05) is 31.5 Å². The Morgan fingerprint density at radius 3 is 2.50 bits per heavy atom. The van der Waals surface area contributed by atoms with Crippen molar-refractivity contribution in [2.45, 2.75) is 19.8 Å². The van der Waals surface area contributed by atoms with Crippen molar-refractivity contribution in [3.8, 4) is 0 Å². The lowest BCUT2D eigenvalue weighted by atomic mass is 10.0. The van der Waals surface area contributed by atoms with E-state index in [1.807, 2.05) is 12.1 Å². The fourth-order valence-corrected chi connectivity index (χ4v) is 0.895. The quantitative estimate of drug-likeness (QED) is 0.581. The topological polar surface area (TPSA) is 0 Å². The van der Waals surface area contributed by atoms with Gasteiger partial charge in [0.1, 0.15) is 0 Å². The van der Waals surface area contributed by atoms with Crippen molar-refractivity contribution in [2.75, 3.05) is 0 Å². The zero-order valence-electron chi connectivity index (χ0n) is 6.19. The van der Waals surface area contributed by atoms with E-state index >= 15 is 0 Å². The van der Waals surface area contributed by atoms with Crippen molar-refractivity contribution >= 4 is 11.6 Å². The second kappa shape index (κ2) is 3.07. The van der Waals surface area contributed by atoms with Crippen molar-refractivity contribution in [3.05, 3.63) is 34.9 Å². The average molecular weight is 154 g/mol. The van der Waals surface area contributed by atoms with Crippen LogP contribution in [0.15, 0.2) is 18.2 Å². The molecule has 0 N–H and O–H groups in total. The monoisotopic (exact) mass is 153 g/mol. The van der Waals surface area contributed by atoms with Crippen molar-refractivity contribution in [2.24, 2.45) is 0 Å². The minimum atomic E-state index is 0.539. The predicted octanol–water partition coefficient (Wildman–Crippen LogP) is 3.26. The van der Waals surface area contributed by atoms with Gasteiger partial charge >= 0.3 is 0 Å². The molecule has 0 fully saturated rings. The SMILES string of the molecule is CC(C)c1[c]cc(Cl)cc1. The molecule has 1 heteroatoms. The van der Waals surface area contributed by atoms with Gasteiger partial charge < -0.3 is 0 Å². The van der Waals surface area contributed by atoms with E-state index in [4.69, 9.17) is 11.6 Å². The lowest BCUT2D eigenvalue weighted by molar-refractivity contribution is 0.865. The highest BCUT2D eigenvalue weighted by Crippen LogP contribution is 2.15. The fraction of sp³-hybridized carbons (Fsp3) is 0.333. The van der Waals surface area contributed by atoms with E-state index in [2.05, 4.69) is 19.9 Å². The lowest BCUT2D eigenvalue weighted by Crippen LogP contribution is -1.84. The van der Waals surface area contributed by atoms with E-state index in [1.165, 1.54) is 5.56 Å². The third-order valence-corrected chi connectivity index (χ3v) is 1.66. The highest BCUT2D eigenvalue weighted by atomic mass is 35.5. The van der Waals surface area contributed by atoms with Crippen LogP contribution < -0.4 is 0 Å². The van der Waals surface area contributed by atoms with Gasteiger partial charge in [0, 0.05) is 5.02 Å². The minimum absolute atomic E-state index is 0.539. The molecule has 53 valence electrons.